The van der Waals surface area contributed by atoms with E-state index in [1.54, 1.807) is 26.1 Å². The van der Waals surface area contributed by atoms with E-state index in [4.69, 9.17) is 9.47 Å². The molecule has 7 heteroatoms. The van der Waals surface area contributed by atoms with Crippen molar-refractivity contribution in [3.8, 4) is 5.75 Å². The second-order valence-electron chi connectivity index (χ2n) is 7.64. The minimum Gasteiger partial charge on any atom is -0.497 e. The fourth-order valence-corrected chi connectivity index (χ4v) is 2.68. The number of guanidine groups is 1. The lowest BCUT2D eigenvalue weighted by Gasteiger charge is -2.18. The van der Waals surface area contributed by atoms with E-state index >= 15 is 0 Å². The van der Waals surface area contributed by atoms with Gasteiger partial charge in [-0.05, 0) is 29.2 Å². The number of ether oxygens (including phenoxy) is 2. The van der Waals surface area contributed by atoms with E-state index < -0.39 is 0 Å². The molecule has 0 aliphatic carbocycles. The number of carbonyl (C=O) groups excluding carboxylic acids is 1. The van der Waals surface area contributed by atoms with Crippen LogP contribution < -0.4 is 15.4 Å². The summed E-state index contributed by atoms with van der Waals surface area (Å²) in [5.41, 5.74) is 2.22. The highest BCUT2D eigenvalue weighted by Gasteiger charge is 2.08. The van der Waals surface area contributed by atoms with Crippen molar-refractivity contribution in [1.29, 1.82) is 0 Å². The van der Waals surface area contributed by atoms with Crippen LogP contribution in [0.25, 0.3) is 0 Å². The molecule has 2 N–H and O–H groups in total. The molecule has 1 unspecified atom stereocenters. The van der Waals surface area contributed by atoms with Crippen molar-refractivity contribution in [3.05, 3.63) is 65.7 Å². The normalized spacial score (nSPS) is 12.2. The number of carbonyl (C=O) groups is 1. The molecule has 0 saturated heterocycles. The van der Waals surface area contributed by atoms with Crippen molar-refractivity contribution in [3.63, 3.8) is 0 Å². The topological polar surface area (TPSA) is 75.2 Å². The molecule has 0 aliphatic rings. The Kier molecular flexibility index (Phi) is 10.4. The second kappa shape index (κ2) is 13.3. The van der Waals surface area contributed by atoms with Crippen molar-refractivity contribution in [2.24, 2.45) is 10.9 Å². The zero-order chi connectivity index (χ0) is 22.5. The Morgan fingerprint density at radius 2 is 1.74 bits per heavy atom. The van der Waals surface area contributed by atoms with Crippen LogP contribution in [-0.2, 0) is 22.7 Å². The van der Waals surface area contributed by atoms with E-state index in [9.17, 15) is 4.79 Å². The van der Waals surface area contributed by atoms with Crippen molar-refractivity contribution >= 4 is 11.9 Å². The quantitative estimate of drug-likeness (QED) is 0.427. The number of hydrogen-bond acceptors (Lipinski definition) is 4. The Bertz CT molecular complexity index is 807. The van der Waals surface area contributed by atoms with E-state index in [0.717, 1.165) is 16.9 Å². The van der Waals surface area contributed by atoms with E-state index in [2.05, 4.69) is 34.7 Å². The fraction of sp³-hybridized carbons (Fsp3) is 0.417. The summed E-state index contributed by atoms with van der Waals surface area (Å²) in [6.07, 6.45) is 0. The van der Waals surface area contributed by atoms with Crippen LogP contribution in [-0.4, -0.2) is 57.7 Å². The van der Waals surface area contributed by atoms with Gasteiger partial charge in [0.2, 0.25) is 5.91 Å². The van der Waals surface area contributed by atoms with Crippen LogP contribution in [0.5, 0.6) is 5.75 Å². The SMILES string of the molecule is COc1ccc(CN=C(NCC(=O)N(C)C)NCC(C)COCc2ccccc2)cc1. The Labute approximate surface area is 185 Å². The number of benzene rings is 2. The molecule has 0 aliphatic heterocycles. The fourth-order valence-electron chi connectivity index (χ4n) is 2.68. The average Bonchev–Trinajstić information content (AvgIpc) is 2.79. The van der Waals surface area contributed by atoms with Gasteiger partial charge in [-0.2, -0.15) is 0 Å². The third-order valence-corrected chi connectivity index (χ3v) is 4.62. The first-order valence-corrected chi connectivity index (χ1v) is 10.4. The van der Waals surface area contributed by atoms with Crippen molar-refractivity contribution in [1.82, 2.24) is 15.5 Å². The number of nitrogens with one attached hydrogen (secondary N) is 2. The largest absolute Gasteiger partial charge is 0.497 e. The molecule has 1 amide bonds. The van der Waals surface area contributed by atoms with Crippen LogP contribution in [0.1, 0.15) is 18.1 Å². The molecule has 0 fully saturated rings. The molecular weight excluding hydrogens is 392 g/mol. The van der Waals surface area contributed by atoms with Gasteiger partial charge in [0, 0.05) is 20.6 Å². The van der Waals surface area contributed by atoms with E-state index in [-0.39, 0.29) is 18.4 Å². The highest BCUT2D eigenvalue weighted by Crippen LogP contribution is 2.11. The predicted molar refractivity (Wildman–Crippen MR) is 124 cm³/mol. The second-order valence-corrected chi connectivity index (χ2v) is 7.64. The summed E-state index contributed by atoms with van der Waals surface area (Å²) in [5.74, 6) is 1.67. The van der Waals surface area contributed by atoms with Gasteiger partial charge in [0.1, 0.15) is 5.75 Å². The van der Waals surface area contributed by atoms with Crippen LogP contribution >= 0.6 is 0 Å². The first kappa shape index (κ1) is 24.2. The number of likely N-dealkylation sites (N-methyl/N-ethyl adjacent to an activating group) is 1. The summed E-state index contributed by atoms with van der Waals surface area (Å²) in [5, 5.41) is 6.43. The number of amides is 1. The van der Waals surface area contributed by atoms with Crippen molar-refractivity contribution < 1.29 is 14.3 Å². The monoisotopic (exact) mass is 426 g/mol. The smallest absolute Gasteiger partial charge is 0.241 e. The van der Waals surface area contributed by atoms with Crippen molar-refractivity contribution in [2.45, 2.75) is 20.1 Å². The Hall–Kier alpha value is -3.06. The third-order valence-electron chi connectivity index (χ3n) is 4.62. The molecule has 7 nitrogen and oxygen atoms in total. The maximum atomic E-state index is 12.0. The number of rotatable bonds is 11. The van der Waals surface area contributed by atoms with E-state index in [0.29, 0.717) is 32.3 Å². The number of aliphatic imine (C=N–C) groups is 1. The van der Waals surface area contributed by atoms with Gasteiger partial charge >= 0.3 is 0 Å². The third kappa shape index (κ3) is 9.53. The lowest BCUT2D eigenvalue weighted by Crippen LogP contribution is -2.44. The van der Waals surface area contributed by atoms with Gasteiger partial charge in [-0.1, -0.05) is 49.4 Å². The minimum atomic E-state index is -0.0156. The van der Waals surface area contributed by atoms with Crippen LogP contribution in [0.15, 0.2) is 59.6 Å². The molecule has 0 bridgehead atoms. The molecule has 0 heterocycles. The van der Waals surface area contributed by atoms with Crippen LogP contribution in [0.2, 0.25) is 0 Å². The van der Waals surface area contributed by atoms with Gasteiger partial charge in [0.15, 0.2) is 5.96 Å². The summed E-state index contributed by atoms with van der Waals surface area (Å²) >= 11 is 0. The lowest BCUT2D eigenvalue weighted by atomic mass is 10.2. The maximum Gasteiger partial charge on any atom is 0.241 e. The molecule has 0 spiro atoms. The molecule has 1 atom stereocenters. The standard InChI is InChI=1S/C24H34N4O3/c1-19(17-31-18-21-8-6-5-7-9-21)14-25-24(27-16-23(29)28(2)3)26-15-20-10-12-22(30-4)13-11-20/h5-13,19H,14-18H2,1-4H3,(H2,25,26,27). The Morgan fingerprint density at radius 3 is 2.39 bits per heavy atom. The summed E-state index contributed by atoms with van der Waals surface area (Å²) in [4.78, 5) is 18.1. The van der Waals surface area contributed by atoms with E-state index in [1.165, 1.54) is 0 Å². The lowest BCUT2D eigenvalue weighted by molar-refractivity contribution is -0.127. The molecule has 2 aromatic rings. The minimum absolute atomic E-state index is 0.0156. The maximum absolute atomic E-state index is 12.0. The van der Waals surface area contributed by atoms with Gasteiger partial charge in [0.25, 0.3) is 0 Å². The van der Waals surface area contributed by atoms with Gasteiger partial charge in [-0.25, -0.2) is 4.99 Å². The molecule has 168 valence electrons. The van der Waals surface area contributed by atoms with Crippen LogP contribution in [0.3, 0.4) is 0 Å². The van der Waals surface area contributed by atoms with Gasteiger partial charge in [-0.3, -0.25) is 4.79 Å². The molecule has 0 saturated carbocycles. The van der Waals surface area contributed by atoms with E-state index in [1.807, 2.05) is 42.5 Å². The van der Waals surface area contributed by atoms with Crippen LogP contribution in [0, 0.1) is 5.92 Å². The summed E-state index contributed by atoms with van der Waals surface area (Å²) in [7, 11) is 5.11. The highest BCUT2D eigenvalue weighted by atomic mass is 16.5. The summed E-state index contributed by atoms with van der Waals surface area (Å²) in [6.45, 7) is 4.70. The number of nitrogens with zero attached hydrogens (tertiary/aromatic N) is 2. The van der Waals surface area contributed by atoms with Gasteiger partial charge < -0.3 is 25.0 Å². The first-order valence-electron chi connectivity index (χ1n) is 10.4. The summed E-state index contributed by atoms with van der Waals surface area (Å²) < 4.78 is 11.0. The molecule has 31 heavy (non-hydrogen) atoms. The molecule has 0 aromatic heterocycles. The van der Waals surface area contributed by atoms with Gasteiger partial charge in [0.05, 0.1) is 33.4 Å². The predicted octanol–water partition coefficient (Wildman–Crippen LogP) is 2.67. The highest BCUT2D eigenvalue weighted by molar-refractivity contribution is 5.86. The zero-order valence-corrected chi connectivity index (χ0v) is 18.9. The van der Waals surface area contributed by atoms with Crippen LogP contribution in [0.4, 0.5) is 0 Å². The zero-order valence-electron chi connectivity index (χ0n) is 18.9. The Balaban J connectivity index is 1.86. The van der Waals surface area contributed by atoms with Crippen molar-refractivity contribution in [2.75, 3.05) is 40.9 Å². The molecule has 2 rings (SSSR count). The summed E-state index contributed by atoms with van der Waals surface area (Å²) in [6, 6.07) is 17.9. The number of methoxy groups -OCH3 is 1. The molecule has 0 radical (unpaired) electrons. The average molecular weight is 427 g/mol. The first-order chi connectivity index (χ1) is 15.0. The Morgan fingerprint density at radius 1 is 1.03 bits per heavy atom. The molecule has 2 aromatic carbocycles. The van der Waals surface area contributed by atoms with Gasteiger partial charge in [-0.15, -0.1) is 0 Å². The molecular formula is C24H34N4O3. The number of hydrogen-bond donors (Lipinski definition) is 2.